The number of hydrogen-bond donors (Lipinski definition) is 1. The molecule has 184 valence electrons. The lowest BCUT2D eigenvalue weighted by Crippen LogP contribution is -2.47. The van der Waals surface area contributed by atoms with Crippen molar-refractivity contribution >= 4 is 22.4 Å². The number of nitrogens with zero attached hydrogens (tertiary/aromatic N) is 3. The van der Waals surface area contributed by atoms with Crippen LogP contribution in [0.4, 0.5) is 5.13 Å². The van der Waals surface area contributed by atoms with Gasteiger partial charge in [0, 0.05) is 43.7 Å². The molecule has 0 atom stereocenters. The molecule has 1 fully saturated rings. The fraction of sp³-hybridized carbons (Fsp3) is 0.241. The molecule has 0 unspecified atom stereocenters. The summed E-state index contributed by atoms with van der Waals surface area (Å²) < 4.78 is 5.16. The zero-order valence-electron chi connectivity index (χ0n) is 20.3. The molecule has 0 bridgehead atoms. The van der Waals surface area contributed by atoms with Crippen molar-refractivity contribution < 1.29 is 9.53 Å². The van der Waals surface area contributed by atoms with Crippen molar-refractivity contribution in [3.63, 3.8) is 0 Å². The lowest BCUT2D eigenvalue weighted by Gasteiger charge is -2.39. The Bertz CT molecular complexity index is 1210. The van der Waals surface area contributed by atoms with E-state index in [1.807, 2.05) is 5.38 Å². The first-order valence-electron chi connectivity index (χ1n) is 12.2. The van der Waals surface area contributed by atoms with Crippen LogP contribution in [-0.4, -0.2) is 54.0 Å². The Labute approximate surface area is 216 Å². The monoisotopic (exact) mass is 498 g/mol. The van der Waals surface area contributed by atoms with Crippen LogP contribution in [-0.2, 0) is 6.54 Å². The Kier molecular flexibility index (Phi) is 7.71. The van der Waals surface area contributed by atoms with Gasteiger partial charge in [-0.1, -0.05) is 60.7 Å². The molecule has 0 radical (unpaired) electrons. The van der Waals surface area contributed by atoms with Gasteiger partial charge in [0.05, 0.1) is 18.8 Å². The molecule has 2 heterocycles. The SMILES string of the molecule is COc1ccc(C(=O)Nc2nc(CN3CCN(C(c4ccccc4)c4ccccc4)CC3)cs2)cc1. The lowest BCUT2D eigenvalue weighted by atomic mass is 9.96. The van der Waals surface area contributed by atoms with Crippen molar-refractivity contribution in [2.24, 2.45) is 0 Å². The number of methoxy groups -OCH3 is 1. The van der Waals surface area contributed by atoms with Crippen LogP contribution in [0, 0.1) is 0 Å². The van der Waals surface area contributed by atoms with E-state index in [0.717, 1.165) is 44.2 Å². The average Bonchev–Trinajstić information content (AvgIpc) is 3.37. The highest BCUT2D eigenvalue weighted by atomic mass is 32.1. The summed E-state index contributed by atoms with van der Waals surface area (Å²) >= 11 is 1.46. The molecule has 1 aliphatic rings. The van der Waals surface area contributed by atoms with E-state index in [4.69, 9.17) is 4.74 Å². The van der Waals surface area contributed by atoms with Crippen LogP contribution in [0.1, 0.15) is 33.2 Å². The maximum Gasteiger partial charge on any atom is 0.257 e. The van der Waals surface area contributed by atoms with Crippen LogP contribution in [0.15, 0.2) is 90.3 Å². The average molecular weight is 499 g/mol. The minimum Gasteiger partial charge on any atom is -0.497 e. The van der Waals surface area contributed by atoms with Crippen molar-refractivity contribution in [1.29, 1.82) is 0 Å². The summed E-state index contributed by atoms with van der Waals surface area (Å²) in [5.74, 6) is 0.557. The van der Waals surface area contributed by atoms with E-state index >= 15 is 0 Å². The van der Waals surface area contributed by atoms with Crippen molar-refractivity contribution in [2.45, 2.75) is 12.6 Å². The number of anilines is 1. The molecule has 3 aromatic carbocycles. The molecule has 0 aliphatic carbocycles. The first-order valence-corrected chi connectivity index (χ1v) is 13.0. The Morgan fingerprint density at radius 1 is 0.917 bits per heavy atom. The first kappa shape index (κ1) is 24.2. The van der Waals surface area contributed by atoms with Gasteiger partial charge in [-0.25, -0.2) is 4.98 Å². The van der Waals surface area contributed by atoms with E-state index in [-0.39, 0.29) is 11.9 Å². The van der Waals surface area contributed by atoms with Gasteiger partial charge in [-0.15, -0.1) is 11.3 Å². The summed E-state index contributed by atoms with van der Waals surface area (Å²) in [6, 6.07) is 28.8. The number of carbonyl (C=O) groups excluding carboxylic acids is 1. The van der Waals surface area contributed by atoms with E-state index in [1.165, 1.54) is 22.5 Å². The highest BCUT2D eigenvalue weighted by Crippen LogP contribution is 2.30. The number of amides is 1. The number of thiazole rings is 1. The van der Waals surface area contributed by atoms with Gasteiger partial charge >= 0.3 is 0 Å². The van der Waals surface area contributed by atoms with Crippen molar-refractivity contribution in [3.8, 4) is 5.75 Å². The molecule has 1 saturated heterocycles. The van der Waals surface area contributed by atoms with Crippen LogP contribution in [0.2, 0.25) is 0 Å². The van der Waals surface area contributed by atoms with Crippen LogP contribution >= 0.6 is 11.3 Å². The Hall–Kier alpha value is -3.52. The molecule has 36 heavy (non-hydrogen) atoms. The van der Waals surface area contributed by atoms with Gasteiger partial charge < -0.3 is 4.74 Å². The summed E-state index contributed by atoms with van der Waals surface area (Å²) in [5, 5.41) is 5.57. The number of ether oxygens (including phenoxy) is 1. The smallest absolute Gasteiger partial charge is 0.257 e. The van der Waals surface area contributed by atoms with Gasteiger partial charge in [-0.2, -0.15) is 0 Å². The number of aromatic nitrogens is 1. The highest BCUT2D eigenvalue weighted by Gasteiger charge is 2.26. The summed E-state index contributed by atoms with van der Waals surface area (Å²) in [7, 11) is 1.61. The van der Waals surface area contributed by atoms with E-state index < -0.39 is 0 Å². The number of hydrogen-bond acceptors (Lipinski definition) is 6. The molecule has 1 aromatic heterocycles. The minimum atomic E-state index is -0.167. The number of benzene rings is 3. The van der Waals surface area contributed by atoms with Gasteiger partial charge in [0.2, 0.25) is 0 Å². The predicted octanol–water partition coefficient (Wildman–Crippen LogP) is 5.31. The van der Waals surface area contributed by atoms with Gasteiger partial charge in [0.1, 0.15) is 5.75 Å². The molecule has 1 amide bonds. The Morgan fingerprint density at radius 3 is 2.11 bits per heavy atom. The second-order valence-corrected chi connectivity index (χ2v) is 9.72. The molecule has 7 heteroatoms. The first-order chi connectivity index (χ1) is 17.7. The number of nitrogens with one attached hydrogen (secondary N) is 1. The van der Waals surface area contributed by atoms with E-state index in [1.54, 1.807) is 31.4 Å². The second kappa shape index (κ2) is 11.5. The number of carbonyl (C=O) groups is 1. The van der Waals surface area contributed by atoms with Crippen LogP contribution in [0.5, 0.6) is 5.75 Å². The third-order valence-corrected chi connectivity index (χ3v) is 7.32. The van der Waals surface area contributed by atoms with Crippen molar-refractivity contribution in [1.82, 2.24) is 14.8 Å². The summed E-state index contributed by atoms with van der Waals surface area (Å²) in [6.07, 6.45) is 0. The highest BCUT2D eigenvalue weighted by molar-refractivity contribution is 7.14. The minimum absolute atomic E-state index is 0.167. The predicted molar refractivity (Wildman–Crippen MR) is 145 cm³/mol. The summed E-state index contributed by atoms with van der Waals surface area (Å²) in [6.45, 7) is 4.70. The van der Waals surface area contributed by atoms with Crippen molar-refractivity contribution in [3.05, 3.63) is 113 Å². The molecule has 4 aromatic rings. The van der Waals surface area contributed by atoms with E-state index in [9.17, 15) is 4.79 Å². The molecule has 0 saturated carbocycles. The zero-order valence-corrected chi connectivity index (χ0v) is 21.2. The third-order valence-electron chi connectivity index (χ3n) is 6.51. The maximum absolute atomic E-state index is 12.5. The third kappa shape index (κ3) is 5.82. The zero-order chi connectivity index (χ0) is 24.7. The van der Waals surface area contributed by atoms with Gasteiger partial charge in [-0.3, -0.25) is 19.9 Å². The van der Waals surface area contributed by atoms with Crippen LogP contribution in [0.25, 0.3) is 0 Å². The standard InChI is InChI=1S/C29H30N4O2S/c1-35-26-14-12-24(13-15-26)28(34)31-29-30-25(21-36-29)20-32-16-18-33(19-17-32)27(22-8-4-2-5-9-22)23-10-6-3-7-11-23/h2-15,21,27H,16-20H2,1H3,(H,30,31,34). The largest absolute Gasteiger partial charge is 0.497 e. The molecule has 1 aliphatic heterocycles. The quantitative estimate of drug-likeness (QED) is 0.357. The van der Waals surface area contributed by atoms with Gasteiger partial charge in [0.25, 0.3) is 5.91 Å². The number of piperazine rings is 1. The molecular formula is C29H30N4O2S. The molecular weight excluding hydrogens is 468 g/mol. The van der Waals surface area contributed by atoms with Gasteiger partial charge in [-0.05, 0) is 35.4 Å². The molecule has 6 nitrogen and oxygen atoms in total. The van der Waals surface area contributed by atoms with E-state index in [2.05, 4.69) is 80.8 Å². The maximum atomic E-state index is 12.5. The summed E-state index contributed by atoms with van der Waals surface area (Å²) in [4.78, 5) is 22.2. The van der Waals surface area contributed by atoms with Crippen LogP contribution < -0.4 is 10.1 Å². The normalized spacial score (nSPS) is 14.6. The Balaban J connectivity index is 1.18. The second-order valence-electron chi connectivity index (χ2n) is 8.86. The fourth-order valence-electron chi connectivity index (χ4n) is 4.64. The molecule has 0 spiro atoms. The fourth-order valence-corrected chi connectivity index (χ4v) is 5.34. The molecule has 1 N–H and O–H groups in total. The van der Waals surface area contributed by atoms with E-state index in [0.29, 0.717) is 10.7 Å². The summed E-state index contributed by atoms with van der Waals surface area (Å²) in [5.41, 5.74) is 4.22. The Morgan fingerprint density at radius 2 is 1.53 bits per heavy atom. The number of rotatable bonds is 8. The molecule has 5 rings (SSSR count). The van der Waals surface area contributed by atoms with Gasteiger partial charge in [0.15, 0.2) is 5.13 Å². The topological polar surface area (TPSA) is 57.7 Å². The lowest BCUT2D eigenvalue weighted by molar-refractivity contribution is 0.102. The van der Waals surface area contributed by atoms with Crippen LogP contribution in [0.3, 0.4) is 0 Å². The van der Waals surface area contributed by atoms with Crippen molar-refractivity contribution in [2.75, 3.05) is 38.6 Å².